The van der Waals surface area contributed by atoms with Crippen LogP contribution < -0.4 is 5.73 Å². The molecule has 3 atom stereocenters. The summed E-state index contributed by atoms with van der Waals surface area (Å²) in [6.07, 6.45) is 0.0924. The van der Waals surface area contributed by atoms with E-state index in [1.54, 1.807) is 7.05 Å². The van der Waals surface area contributed by atoms with Gasteiger partial charge in [0.1, 0.15) is 17.3 Å². The molecule has 0 radical (unpaired) electrons. The Morgan fingerprint density at radius 3 is 2.86 bits per heavy atom. The number of nitrogens with zero attached hydrogens (tertiary/aromatic N) is 3. The molecule has 2 unspecified atom stereocenters. The van der Waals surface area contributed by atoms with Gasteiger partial charge in [0.15, 0.2) is 0 Å². The lowest BCUT2D eigenvalue weighted by Gasteiger charge is -2.36. The second-order valence-corrected chi connectivity index (χ2v) is 11.1. The second-order valence-electron chi connectivity index (χ2n) is 7.31. The van der Waals surface area contributed by atoms with Crippen LogP contribution in [-0.4, -0.2) is 56.7 Å². The van der Waals surface area contributed by atoms with Crippen molar-refractivity contribution in [3.63, 3.8) is 0 Å². The number of thiophene rings is 1. The first-order chi connectivity index (χ1) is 13.1. The Morgan fingerprint density at radius 1 is 1.50 bits per heavy atom. The molecule has 0 bridgehead atoms. The molecule has 0 aromatic carbocycles. The molecule has 28 heavy (non-hydrogen) atoms. The molecule has 7 nitrogen and oxygen atoms in total. The van der Waals surface area contributed by atoms with Crippen LogP contribution in [0.1, 0.15) is 24.4 Å². The van der Waals surface area contributed by atoms with Crippen LogP contribution in [0, 0.1) is 0 Å². The van der Waals surface area contributed by atoms with Gasteiger partial charge in [0.05, 0.1) is 42.5 Å². The summed E-state index contributed by atoms with van der Waals surface area (Å²) >= 11 is 8.06. The van der Waals surface area contributed by atoms with Crippen molar-refractivity contribution in [1.29, 1.82) is 0 Å². The standard InChI is InChI=1S/C18H22ClN5O2S2/c1-10-8-21-16(26-10)13-6-5-12(22-13)14-7-11(19)15(27-14)18(2)9-28(4,25)24(3)17(20)23-18/h5-7,10,22H,4,8-9H2,1-3H3,(H2,20,23)/t10?,18-,28?/m0/s1. The lowest BCUT2D eigenvalue weighted by molar-refractivity contribution is 0.246. The summed E-state index contributed by atoms with van der Waals surface area (Å²) in [5.41, 5.74) is 6.95. The van der Waals surface area contributed by atoms with Gasteiger partial charge in [-0.15, -0.1) is 11.3 Å². The molecule has 0 fully saturated rings. The number of nitrogens with two attached hydrogens (primary N) is 1. The van der Waals surface area contributed by atoms with E-state index in [9.17, 15) is 4.21 Å². The summed E-state index contributed by atoms with van der Waals surface area (Å²) in [5, 5.41) is 0.568. The van der Waals surface area contributed by atoms with Crippen molar-refractivity contribution in [2.75, 3.05) is 19.3 Å². The maximum Gasteiger partial charge on any atom is 0.233 e. The zero-order valence-corrected chi connectivity index (χ0v) is 18.2. The second kappa shape index (κ2) is 6.53. The van der Waals surface area contributed by atoms with E-state index in [-0.39, 0.29) is 17.8 Å². The van der Waals surface area contributed by atoms with Crippen molar-refractivity contribution in [2.24, 2.45) is 15.7 Å². The van der Waals surface area contributed by atoms with Gasteiger partial charge in [-0.05, 0) is 37.9 Å². The number of hydrogen-bond acceptors (Lipinski definition) is 6. The summed E-state index contributed by atoms with van der Waals surface area (Å²) in [4.78, 5) is 14.1. The molecule has 3 N–H and O–H groups in total. The van der Waals surface area contributed by atoms with Gasteiger partial charge in [0, 0.05) is 7.05 Å². The third kappa shape index (κ3) is 3.21. The number of nitrogens with one attached hydrogen (secondary N) is 1. The van der Waals surface area contributed by atoms with Crippen molar-refractivity contribution in [3.05, 3.63) is 33.8 Å². The van der Waals surface area contributed by atoms with E-state index in [0.29, 0.717) is 17.5 Å². The molecule has 2 aliphatic heterocycles. The van der Waals surface area contributed by atoms with Gasteiger partial charge in [0.25, 0.3) is 0 Å². The molecule has 0 amide bonds. The minimum atomic E-state index is -2.57. The molecule has 10 heteroatoms. The van der Waals surface area contributed by atoms with Gasteiger partial charge in [-0.1, -0.05) is 11.6 Å². The predicted octanol–water partition coefficient (Wildman–Crippen LogP) is 2.67. The summed E-state index contributed by atoms with van der Waals surface area (Å²) < 4.78 is 20.0. The van der Waals surface area contributed by atoms with E-state index in [0.717, 1.165) is 21.1 Å². The third-order valence-electron chi connectivity index (χ3n) is 4.85. The van der Waals surface area contributed by atoms with Crippen LogP contribution in [0.5, 0.6) is 0 Å². The van der Waals surface area contributed by atoms with Crippen molar-refractivity contribution < 1.29 is 8.95 Å². The van der Waals surface area contributed by atoms with Crippen molar-refractivity contribution in [2.45, 2.75) is 25.5 Å². The fourth-order valence-electron chi connectivity index (χ4n) is 3.34. The Morgan fingerprint density at radius 2 is 2.21 bits per heavy atom. The first-order valence-electron chi connectivity index (χ1n) is 8.74. The number of ether oxygens (including phenoxy) is 1. The van der Waals surface area contributed by atoms with Crippen LogP contribution in [0.4, 0.5) is 0 Å². The molecule has 0 aliphatic carbocycles. The minimum Gasteiger partial charge on any atom is -0.471 e. The molecule has 150 valence electrons. The molecular formula is C18H22ClN5O2S2. The molecule has 2 aromatic rings. The van der Waals surface area contributed by atoms with Crippen LogP contribution in [0.2, 0.25) is 5.02 Å². The van der Waals surface area contributed by atoms with E-state index >= 15 is 0 Å². The topological polar surface area (TPSA) is 96.1 Å². The summed E-state index contributed by atoms with van der Waals surface area (Å²) in [6, 6.07) is 5.79. The van der Waals surface area contributed by atoms with Crippen LogP contribution in [0.3, 0.4) is 0 Å². The van der Waals surface area contributed by atoms with Gasteiger partial charge in [-0.3, -0.25) is 4.31 Å². The number of guanidine groups is 1. The van der Waals surface area contributed by atoms with Gasteiger partial charge >= 0.3 is 0 Å². The molecule has 0 saturated heterocycles. The number of halogens is 1. The fourth-order valence-corrected chi connectivity index (χ4v) is 6.70. The zero-order valence-electron chi connectivity index (χ0n) is 15.9. The van der Waals surface area contributed by atoms with Crippen LogP contribution >= 0.6 is 22.9 Å². The van der Waals surface area contributed by atoms with Crippen molar-refractivity contribution in [1.82, 2.24) is 9.29 Å². The van der Waals surface area contributed by atoms with E-state index in [1.165, 1.54) is 15.6 Å². The number of aromatic nitrogens is 1. The molecule has 2 aromatic heterocycles. The number of aliphatic imine (C=N–C) groups is 2. The Balaban J connectivity index is 1.69. The predicted molar refractivity (Wildman–Crippen MR) is 118 cm³/mol. The Kier molecular flexibility index (Phi) is 4.52. The third-order valence-corrected chi connectivity index (χ3v) is 8.88. The highest BCUT2D eigenvalue weighted by atomic mass is 35.5. The van der Waals surface area contributed by atoms with Gasteiger partial charge < -0.3 is 15.5 Å². The maximum atomic E-state index is 12.9. The lowest BCUT2D eigenvalue weighted by Crippen LogP contribution is -2.50. The molecule has 2 aliphatic rings. The first-order valence-corrected chi connectivity index (χ1v) is 11.8. The van der Waals surface area contributed by atoms with Crippen molar-refractivity contribution >= 4 is 50.4 Å². The van der Waals surface area contributed by atoms with E-state index < -0.39 is 15.2 Å². The maximum absolute atomic E-state index is 12.9. The number of aromatic amines is 1. The normalized spacial score (nSPS) is 30.1. The molecule has 0 spiro atoms. The quantitative estimate of drug-likeness (QED) is 0.719. The van der Waals surface area contributed by atoms with Crippen LogP contribution in [-0.2, 0) is 20.0 Å². The average Bonchev–Trinajstić information content (AvgIpc) is 3.31. The Labute approximate surface area is 173 Å². The average molecular weight is 440 g/mol. The van der Waals surface area contributed by atoms with Gasteiger partial charge in [-0.2, -0.15) is 0 Å². The summed E-state index contributed by atoms with van der Waals surface area (Å²) in [6.45, 7) is 4.54. The molecule has 4 rings (SSSR count). The zero-order chi connectivity index (χ0) is 20.3. The molecule has 4 heterocycles. The summed E-state index contributed by atoms with van der Waals surface area (Å²) in [5.74, 6) is 4.92. The number of hydrogen-bond donors (Lipinski definition) is 2. The monoisotopic (exact) mass is 439 g/mol. The molecular weight excluding hydrogens is 418 g/mol. The van der Waals surface area contributed by atoms with Crippen LogP contribution in [0.15, 0.2) is 28.2 Å². The highest BCUT2D eigenvalue weighted by molar-refractivity contribution is 7.98. The lowest BCUT2D eigenvalue weighted by atomic mass is 10.0. The first kappa shape index (κ1) is 19.4. The molecule has 0 saturated carbocycles. The number of H-pyrrole nitrogens is 1. The smallest absolute Gasteiger partial charge is 0.233 e. The Bertz CT molecular complexity index is 1100. The fraction of sp³-hybridized carbons (Fsp3) is 0.389. The Hall–Kier alpha value is -1.97. The number of rotatable bonds is 3. The van der Waals surface area contributed by atoms with E-state index in [4.69, 9.17) is 22.1 Å². The van der Waals surface area contributed by atoms with Gasteiger partial charge in [0.2, 0.25) is 11.9 Å². The SMILES string of the molecule is C=S1(=O)C[C@@](C)(c2sc(-c3ccc(C4=NCC(C)O4)[nH]3)cc2Cl)N=C(N)N1C. The van der Waals surface area contributed by atoms with Crippen LogP contribution in [0.25, 0.3) is 10.6 Å². The van der Waals surface area contributed by atoms with E-state index in [2.05, 4.69) is 20.8 Å². The van der Waals surface area contributed by atoms with Crippen molar-refractivity contribution in [3.8, 4) is 10.6 Å². The summed E-state index contributed by atoms with van der Waals surface area (Å²) in [7, 11) is -0.922. The minimum absolute atomic E-state index is 0.0924. The largest absolute Gasteiger partial charge is 0.471 e. The highest BCUT2D eigenvalue weighted by Crippen LogP contribution is 2.44. The highest BCUT2D eigenvalue weighted by Gasteiger charge is 2.39. The van der Waals surface area contributed by atoms with Gasteiger partial charge in [-0.25, -0.2) is 14.2 Å². The van der Waals surface area contributed by atoms with E-state index in [1.807, 2.05) is 32.0 Å².